The fourth-order valence-corrected chi connectivity index (χ4v) is 1.30. The highest BCUT2D eigenvalue weighted by Gasteiger charge is 2.18. The van der Waals surface area contributed by atoms with Crippen LogP contribution in [0.15, 0.2) is 12.7 Å². The van der Waals surface area contributed by atoms with Gasteiger partial charge in [-0.25, -0.2) is 0 Å². The summed E-state index contributed by atoms with van der Waals surface area (Å²) in [5.41, 5.74) is 0. The van der Waals surface area contributed by atoms with E-state index in [1.165, 1.54) is 0 Å². The number of carbonyl (C=O) groups excluding carboxylic acids is 1. The second kappa shape index (κ2) is 5.36. The second-order valence-corrected chi connectivity index (χ2v) is 3.18. The van der Waals surface area contributed by atoms with Crippen LogP contribution in [-0.4, -0.2) is 11.7 Å². The van der Waals surface area contributed by atoms with E-state index in [2.05, 4.69) is 6.58 Å². The molecule has 0 fully saturated rings. The molecular weight excluding hydrogens is 160 g/mol. The Bertz CT molecular complexity index is 142. The molecule has 0 aliphatic carbocycles. The first-order valence-corrected chi connectivity index (χ1v) is 4.34. The van der Waals surface area contributed by atoms with E-state index in [1.54, 1.807) is 13.0 Å². The molecule has 0 saturated carbocycles. The number of hydrogen-bond donors (Lipinski definition) is 0. The third kappa shape index (κ3) is 3.57. The molecule has 0 bridgehead atoms. The molecule has 0 radical (unpaired) electrons. The summed E-state index contributed by atoms with van der Waals surface area (Å²) in [5, 5.41) is 0. The van der Waals surface area contributed by atoms with Crippen molar-refractivity contribution < 1.29 is 4.79 Å². The highest BCUT2D eigenvalue weighted by Crippen LogP contribution is 2.18. The molecule has 0 heterocycles. The summed E-state index contributed by atoms with van der Waals surface area (Å²) in [5.74, 6) is 1.06. The Labute approximate surface area is 73.4 Å². The lowest BCUT2D eigenvalue weighted by Crippen LogP contribution is -2.20. The maximum absolute atomic E-state index is 11.0. The largest absolute Gasteiger partial charge is 0.300 e. The Hall–Kier alpha value is -0.300. The molecule has 2 heteroatoms. The molecule has 0 aliphatic heterocycles. The van der Waals surface area contributed by atoms with Gasteiger partial charge in [-0.3, -0.25) is 4.79 Å². The van der Waals surface area contributed by atoms with E-state index >= 15 is 0 Å². The van der Waals surface area contributed by atoms with Gasteiger partial charge in [-0.2, -0.15) is 0 Å². The van der Waals surface area contributed by atoms with Gasteiger partial charge in [0.05, 0.1) is 0 Å². The van der Waals surface area contributed by atoms with Crippen LogP contribution in [0.5, 0.6) is 0 Å². The van der Waals surface area contributed by atoms with Crippen molar-refractivity contribution in [1.29, 1.82) is 0 Å². The van der Waals surface area contributed by atoms with E-state index in [0.29, 0.717) is 5.88 Å². The number of hydrogen-bond acceptors (Lipinski definition) is 1. The van der Waals surface area contributed by atoms with E-state index in [0.717, 1.165) is 6.42 Å². The zero-order valence-electron chi connectivity index (χ0n) is 7.14. The van der Waals surface area contributed by atoms with Crippen molar-refractivity contribution in [3.05, 3.63) is 12.7 Å². The predicted molar refractivity (Wildman–Crippen MR) is 48.9 cm³/mol. The van der Waals surface area contributed by atoms with Crippen LogP contribution in [0.1, 0.15) is 20.3 Å². The lowest BCUT2D eigenvalue weighted by Gasteiger charge is -2.16. The van der Waals surface area contributed by atoms with Gasteiger partial charge >= 0.3 is 0 Å². The Balaban J connectivity index is 4.08. The molecular formula is C9H15ClO. The quantitative estimate of drug-likeness (QED) is 0.463. The molecule has 11 heavy (non-hydrogen) atoms. The molecule has 0 saturated heterocycles. The van der Waals surface area contributed by atoms with Crippen molar-refractivity contribution >= 4 is 17.4 Å². The SMILES string of the molecule is C=CCC(C(C)=O)C(C)CCl. The standard InChI is InChI=1S/C9H15ClO/c1-4-5-9(8(3)11)7(2)6-10/h4,7,9H,1,5-6H2,2-3H3. The summed E-state index contributed by atoms with van der Waals surface area (Å²) in [4.78, 5) is 11.0. The fraction of sp³-hybridized carbons (Fsp3) is 0.667. The van der Waals surface area contributed by atoms with Gasteiger partial charge in [-0.1, -0.05) is 13.0 Å². The third-order valence-corrected chi connectivity index (χ3v) is 2.36. The smallest absolute Gasteiger partial charge is 0.133 e. The number of alkyl halides is 1. The van der Waals surface area contributed by atoms with E-state index in [1.807, 2.05) is 6.92 Å². The molecule has 0 amide bonds. The molecule has 0 aliphatic rings. The van der Waals surface area contributed by atoms with E-state index in [-0.39, 0.29) is 17.6 Å². The van der Waals surface area contributed by atoms with Crippen LogP contribution in [0, 0.1) is 11.8 Å². The molecule has 64 valence electrons. The first kappa shape index (κ1) is 10.7. The van der Waals surface area contributed by atoms with Gasteiger partial charge in [-0.05, 0) is 19.3 Å². The molecule has 1 nitrogen and oxygen atoms in total. The van der Waals surface area contributed by atoms with Gasteiger partial charge < -0.3 is 0 Å². The van der Waals surface area contributed by atoms with Crippen LogP contribution in [-0.2, 0) is 4.79 Å². The third-order valence-electron chi connectivity index (χ3n) is 1.87. The number of halogens is 1. The topological polar surface area (TPSA) is 17.1 Å². The van der Waals surface area contributed by atoms with Crippen molar-refractivity contribution in [1.82, 2.24) is 0 Å². The Morgan fingerprint density at radius 2 is 2.27 bits per heavy atom. The van der Waals surface area contributed by atoms with Gasteiger partial charge in [0.25, 0.3) is 0 Å². The molecule has 2 atom stereocenters. The zero-order valence-corrected chi connectivity index (χ0v) is 7.90. The Morgan fingerprint density at radius 1 is 1.73 bits per heavy atom. The van der Waals surface area contributed by atoms with Crippen LogP contribution in [0.4, 0.5) is 0 Å². The minimum atomic E-state index is 0.0602. The van der Waals surface area contributed by atoms with Crippen LogP contribution < -0.4 is 0 Å². The van der Waals surface area contributed by atoms with Gasteiger partial charge in [0.15, 0.2) is 0 Å². The van der Waals surface area contributed by atoms with Crippen LogP contribution in [0.25, 0.3) is 0 Å². The summed E-state index contributed by atoms with van der Waals surface area (Å²) in [6.45, 7) is 7.20. The van der Waals surface area contributed by atoms with Crippen molar-refractivity contribution in [2.45, 2.75) is 20.3 Å². The summed E-state index contributed by atoms with van der Waals surface area (Å²) >= 11 is 5.64. The average Bonchev–Trinajstić information content (AvgIpc) is 1.98. The first-order valence-electron chi connectivity index (χ1n) is 3.80. The fourth-order valence-electron chi connectivity index (χ4n) is 1.09. The first-order chi connectivity index (χ1) is 5.13. The minimum Gasteiger partial charge on any atom is -0.300 e. The predicted octanol–water partition coefficient (Wildman–Crippen LogP) is 2.64. The maximum Gasteiger partial charge on any atom is 0.133 e. The van der Waals surface area contributed by atoms with Gasteiger partial charge in [0, 0.05) is 11.8 Å². The summed E-state index contributed by atoms with van der Waals surface area (Å²) in [7, 11) is 0. The Morgan fingerprint density at radius 3 is 2.55 bits per heavy atom. The number of allylic oxidation sites excluding steroid dienone is 1. The summed E-state index contributed by atoms with van der Waals surface area (Å²) in [6, 6.07) is 0. The highest BCUT2D eigenvalue weighted by atomic mass is 35.5. The van der Waals surface area contributed by atoms with Crippen LogP contribution >= 0.6 is 11.6 Å². The normalized spacial score (nSPS) is 15.5. The lowest BCUT2D eigenvalue weighted by atomic mass is 9.89. The number of ketones is 1. The monoisotopic (exact) mass is 174 g/mol. The molecule has 0 N–H and O–H groups in total. The van der Waals surface area contributed by atoms with Crippen molar-refractivity contribution in [3.63, 3.8) is 0 Å². The molecule has 0 rings (SSSR count). The molecule has 0 aromatic rings. The maximum atomic E-state index is 11.0. The van der Waals surface area contributed by atoms with E-state index in [4.69, 9.17) is 11.6 Å². The minimum absolute atomic E-state index is 0.0602. The van der Waals surface area contributed by atoms with Gasteiger partial charge in [0.1, 0.15) is 5.78 Å². The van der Waals surface area contributed by atoms with Crippen LogP contribution in [0.2, 0.25) is 0 Å². The molecule has 0 spiro atoms. The van der Waals surface area contributed by atoms with Crippen molar-refractivity contribution in [2.24, 2.45) is 11.8 Å². The highest BCUT2D eigenvalue weighted by molar-refractivity contribution is 6.18. The molecule has 0 aromatic heterocycles. The molecule has 0 aromatic carbocycles. The van der Waals surface area contributed by atoms with Gasteiger partial charge in [0.2, 0.25) is 0 Å². The number of rotatable bonds is 5. The number of Topliss-reactive ketones (excluding diaryl/α,β-unsaturated/α-hetero) is 1. The van der Waals surface area contributed by atoms with Crippen LogP contribution in [0.3, 0.4) is 0 Å². The van der Waals surface area contributed by atoms with Crippen molar-refractivity contribution in [3.8, 4) is 0 Å². The van der Waals surface area contributed by atoms with E-state index in [9.17, 15) is 4.79 Å². The number of carbonyl (C=O) groups is 1. The second-order valence-electron chi connectivity index (χ2n) is 2.87. The lowest BCUT2D eigenvalue weighted by molar-refractivity contribution is -0.121. The molecule has 2 unspecified atom stereocenters. The summed E-state index contributed by atoms with van der Waals surface area (Å²) in [6.07, 6.45) is 2.51. The van der Waals surface area contributed by atoms with E-state index < -0.39 is 0 Å². The zero-order chi connectivity index (χ0) is 8.85. The van der Waals surface area contributed by atoms with Crippen molar-refractivity contribution in [2.75, 3.05) is 5.88 Å². The Kier molecular flexibility index (Phi) is 5.22. The average molecular weight is 175 g/mol. The summed E-state index contributed by atoms with van der Waals surface area (Å²) < 4.78 is 0. The van der Waals surface area contributed by atoms with Gasteiger partial charge in [-0.15, -0.1) is 18.2 Å².